The minimum atomic E-state index is -0.325. The summed E-state index contributed by atoms with van der Waals surface area (Å²) in [7, 11) is 2.09. The zero-order chi connectivity index (χ0) is 14.0. The summed E-state index contributed by atoms with van der Waals surface area (Å²) < 4.78 is 0. The van der Waals surface area contributed by atoms with Crippen molar-refractivity contribution in [3.05, 3.63) is 27.9 Å². The second kappa shape index (κ2) is 5.52. The summed E-state index contributed by atoms with van der Waals surface area (Å²) in [5, 5.41) is 11.2. The zero-order valence-corrected chi connectivity index (χ0v) is 11.7. The Bertz CT molecular complexity index is 478. The fourth-order valence-corrected chi connectivity index (χ4v) is 2.55. The van der Waals surface area contributed by atoms with Crippen LogP contribution in [0.1, 0.15) is 18.9 Å². The molecule has 1 fully saturated rings. The number of rotatable bonds is 4. The van der Waals surface area contributed by atoms with Gasteiger partial charge in [0.2, 0.25) is 5.82 Å². The fraction of sp³-hybridized carbons (Fsp3) is 0.615. The Morgan fingerprint density at radius 2 is 2.37 bits per heavy atom. The van der Waals surface area contributed by atoms with Gasteiger partial charge in [-0.1, -0.05) is 6.92 Å². The highest BCUT2D eigenvalue weighted by molar-refractivity contribution is 5.62. The quantitative estimate of drug-likeness (QED) is 0.613. The molecule has 0 spiro atoms. The average Bonchev–Trinajstić information content (AvgIpc) is 2.86. The van der Waals surface area contributed by atoms with Crippen molar-refractivity contribution in [1.82, 2.24) is 9.88 Å². The minimum absolute atomic E-state index is 0.141. The van der Waals surface area contributed by atoms with Crippen molar-refractivity contribution in [1.29, 1.82) is 0 Å². The van der Waals surface area contributed by atoms with E-state index in [1.807, 2.05) is 4.90 Å². The fourth-order valence-electron chi connectivity index (χ4n) is 2.55. The van der Waals surface area contributed by atoms with Crippen LogP contribution in [0.4, 0.5) is 11.5 Å². The van der Waals surface area contributed by atoms with Crippen molar-refractivity contribution in [2.45, 2.75) is 26.3 Å². The van der Waals surface area contributed by atoms with Gasteiger partial charge >= 0.3 is 5.69 Å². The SMILES string of the molecule is CCN(C)C1CCN(c2nccc(C)c2[N+](=O)[O-])C1. The van der Waals surface area contributed by atoms with E-state index in [0.717, 1.165) is 26.1 Å². The van der Waals surface area contributed by atoms with E-state index in [4.69, 9.17) is 0 Å². The van der Waals surface area contributed by atoms with Crippen molar-refractivity contribution in [3.63, 3.8) is 0 Å². The van der Waals surface area contributed by atoms with Gasteiger partial charge < -0.3 is 9.80 Å². The highest BCUT2D eigenvalue weighted by atomic mass is 16.6. The second-order valence-corrected chi connectivity index (χ2v) is 5.02. The molecule has 1 aliphatic heterocycles. The first-order valence-corrected chi connectivity index (χ1v) is 6.59. The van der Waals surface area contributed by atoms with Gasteiger partial charge in [-0.05, 0) is 33.0 Å². The molecule has 1 aromatic heterocycles. The molecule has 104 valence electrons. The topological polar surface area (TPSA) is 62.5 Å². The Labute approximate surface area is 113 Å². The third-order valence-electron chi connectivity index (χ3n) is 3.87. The number of hydrogen-bond acceptors (Lipinski definition) is 5. The van der Waals surface area contributed by atoms with E-state index in [1.165, 1.54) is 0 Å². The zero-order valence-electron chi connectivity index (χ0n) is 11.7. The number of nitro groups is 1. The van der Waals surface area contributed by atoms with E-state index in [2.05, 4.69) is 23.9 Å². The molecule has 1 aromatic rings. The molecule has 0 bridgehead atoms. The Morgan fingerprint density at radius 3 is 3.00 bits per heavy atom. The molecule has 1 aliphatic rings. The smallest absolute Gasteiger partial charge is 0.314 e. The predicted octanol–water partition coefficient (Wildman–Crippen LogP) is 1.83. The molecule has 6 nitrogen and oxygen atoms in total. The first-order chi connectivity index (χ1) is 9.04. The number of hydrogen-bond donors (Lipinski definition) is 0. The summed E-state index contributed by atoms with van der Waals surface area (Å²) in [5.74, 6) is 0.511. The summed E-state index contributed by atoms with van der Waals surface area (Å²) in [4.78, 5) is 19.4. The number of pyridine rings is 1. The van der Waals surface area contributed by atoms with Gasteiger partial charge in [-0.2, -0.15) is 0 Å². The van der Waals surface area contributed by atoms with Gasteiger partial charge in [-0.15, -0.1) is 0 Å². The van der Waals surface area contributed by atoms with Gasteiger partial charge in [0.15, 0.2) is 0 Å². The lowest BCUT2D eigenvalue weighted by atomic mass is 10.2. The molecule has 0 saturated carbocycles. The maximum absolute atomic E-state index is 11.2. The first kappa shape index (κ1) is 13.7. The molecule has 2 heterocycles. The Morgan fingerprint density at radius 1 is 1.63 bits per heavy atom. The molecule has 6 heteroatoms. The summed E-state index contributed by atoms with van der Waals surface area (Å²) in [6, 6.07) is 2.14. The van der Waals surface area contributed by atoms with Crippen molar-refractivity contribution in [2.75, 3.05) is 31.6 Å². The number of likely N-dealkylation sites (N-methyl/N-ethyl adjacent to an activating group) is 1. The van der Waals surface area contributed by atoms with E-state index in [9.17, 15) is 10.1 Å². The summed E-state index contributed by atoms with van der Waals surface area (Å²) in [5.41, 5.74) is 0.810. The number of nitrogens with zero attached hydrogens (tertiary/aromatic N) is 4. The molecular weight excluding hydrogens is 244 g/mol. The molecule has 0 radical (unpaired) electrons. The largest absolute Gasteiger partial charge is 0.349 e. The van der Waals surface area contributed by atoms with Gasteiger partial charge in [-0.3, -0.25) is 10.1 Å². The second-order valence-electron chi connectivity index (χ2n) is 5.02. The van der Waals surface area contributed by atoms with Crippen molar-refractivity contribution in [3.8, 4) is 0 Å². The van der Waals surface area contributed by atoms with E-state index in [0.29, 0.717) is 17.4 Å². The molecule has 1 atom stereocenters. The normalized spacial score (nSPS) is 19.2. The average molecular weight is 264 g/mol. The number of aromatic nitrogens is 1. The maximum Gasteiger partial charge on any atom is 0.314 e. The summed E-state index contributed by atoms with van der Waals surface area (Å²) in [6.07, 6.45) is 2.67. The highest BCUT2D eigenvalue weighted by Crippen LogP contribution is 2.31. The van der Waals surface area contributed by atoms with Crippen LogP contribution in [0.15, 0.2) is 12.3 Å². The maximum atomic E-state index is 11.2. The van der Waals surface area contributed by atoms with E-state index in [-0.39, 0.29) is 10.6 Å². The predicted molar refractivity (Wildman–Crippen MR) is 74.6 cm³/mol. The third kappa shape index (κ3) is 2.68. The van der Waals surface area contributed by atoms with Crippen LogP contribution in [0.2, 0.25) is 0 Å². The molecule has 1 unspecified atom stereocenters. The standard InChI is InChI=1S/C13H20N4O2/c1-4-15(3)11-6-8-16(9-11)13-12(17(18)19)10(2)5-7-14-13/h5,7,11H,4,6,8-9H2,1-3H3. The van der Waals surface area contributed by atoms with Gasteiger partial charge in [0.05, 0.1) is 4.92 Å². The van der Waals surface area contributed by atoms with Gasteiger partial charge in [0.1, 0.15) is 0 Å². The minimum Gasteiger partial charge on any atom is -0.349 e. The number of aryl methyl sites for hydroxylation is 1. The molecule has 2 rings (SSSR count). The Hall–Kier alpha value is -1.69. The molecule has 0 aliphatic carbocycles. The monoisotopic (exact) mass is 264 g/mol. The Kier molecular flexibility index (Phi) is 3.99. The van der Waals surface area contributed by atoms with Crippen LogP contribution in [0.25, 0.3) is 0 Å². The molecular formula is C13H20N4O2. The first-order valence-electron chi connectivity index (χ1n) is 6.59. The van der Waals surface area contributed by atoms with Gasteiger partial charge in [0, 0.05) is 30.9 Å². The molecule has 1 saturated heterocycles. The van der Waals surface area contributed by atoms with E-state index < -0.39 is 0 Å². The molecule has 19 heavy (non-hydrogen) atoms. The summed E-state index contributed by atoms with van der Waals surface area (Å²) >= 11 is 0. The molecule has 0 amide bonds. The highest BCUT2D eigenvalue weighted by Gasteiger charge is 2.31. The lowest BCUT2D eigenvalue weighted by molar-refractivity contribution is -0.384. The van der Waals surface area contributed by atoms with Crippen molar-refractivity contribution in [2.24, 2.45) is 0 Å². The Balaban J connectivity index is 2.25. The van der Waals surface area contributed by atoms with Crippen molar-refractivity contribution >= 4 is 11.5 Å². The van der Waals surface area contributed by atoms with Crippen LogP contribution < -0.4 is 4.90 Å². The molecule has 0 N–H and O–H groups in total. The summed E-state index contributed by atoms with van der Waals surface area (Å²) in [6.45, 7) is 6.50. The van der Waals surface area contributed by atoms with Crippen LogP contribution >= 0.6 is 0 Å². The van der Waals surface area contributed by atoms with Crippen molar-refractivity contribution < 1.29 is 4.92 Å². The van der Waals surface area contributed by atoms with Crippen LogP contribution in [-0.4, -0.2) is 47.5 Å². The van der Waals surface area contributed by atoms with Gasteiger partial charge in [0.25, 0.3) is 0 Å². The van der Waals surface area contributed by atoms with Crippen LogP contribution in [0.5, 0.6) is 0 Å². The van der Waals surface area contributed by atoms with E-state index >= 15 is 0 Å². The lowest BCUT2D eigenvalue weighted by Crippen LogP contribution is -2.34. The number of anilines is 1. The van der Waals surface area contributed by atoms with Gasteiger partial charge in [-0.25, -0.2) is 4.98 Å². The third-order valence-corrected chi connectivity index (χ3v) is 3.87. The van der Waals surface area contributed by atoms with Crippen LogP contribution in [-0.2, 0) is 0 Å². The molecule has 0 aromatic carbocycles. The lowest BCUT2D eigenvalue weighted by Gasteiger charge is -2.23. The van der Waals surface area contributed by atoms with Crippen LogP contribution in [0, 0.1) is 17.0 Å². The van der Waals surface area contributed by atoms with E-state index in [1.54, 1.807) is 19.2 Å². The van der Waals surface area contributed by atoms with Crippen LogP contribution in [0.3, 0.4) is 0 Å².